The summed E-state index contributed by atoms with van der Waals surface area (Å²) in [6.07, 6.45) is 4.31. The normalized spacial score (nSPS) is 20.6. The maximum atomic E-state index is 12.3. The Morgan fingerprint density at radius 3 is 2.65 bits per heavy atom. The van der Waals surface area contributed by atoms with Gasteiger partial charge in [0.05, 0.1) is 25.7 Å². The van der Waals surface area contributed by atoms with Gasteiger partial charge in [-0.15, -0.1) is 11.8 Å². The number of aliphatic carboxylic acids is 1. The van der Waals surface area contributed by atoms with Crippen molar-refractivity contribution in [2.24, 2.45) is 16.0 Å². The lowest BCUT2D eigenvalue weighted by molar-refractivity contribution is -0.139. The highest BCUT2D eigenvalue weighted by Crippen LogP contribution is 2.52. The van der Waals surface area contributed by atoms with Crippen LogP contribution in [0.1, 0.15) is 54.7 Å². The quantitative estimate of drug-likeness (QED) is 0.217. The molecule has 11 nitrogen and oxygen atoms in total. The van der Waals surface area contributed by atoms with Gasteiger partial charge in [0, 0.05) is 29.5 Å². The van der Waals surface area contributed by atoms with Crippen LogP contribution in [0.4, 0.5) is 4.79 Å². The van der Waals surface area contributed by atoms with Crippen molar-refractivity contribution < 1.29 is 28.9 Å². The molecule has 43 heavy (non-hydrogen) atoms. The maximum Gasteiger partial charge on any atom is 0.408 e. The average molecular weight is 610 g/mol. The fourth-order valence-electron chi connectivity index (χ4n) is 6.14. The number of fused-ring (bicyclic) bond motifs is 3. The Kier molecular flexibility index (Phi) is 10.3. The fourth-order valence-corrected chi connectivity index (χ4v) is 7.24. The summed E-state index contributed by atoms with van der Waals surface area (Å²) in [4.78, 5) is 29.5. The molecule has 12 heteroatoms. The largest absolute Gasteiger partial charge is 0.493 e. The van der Waals surface area contributed by atoms with E-state index in [0.717, 1.165) is 73.1 Å². The summed E-state index contributed by atoms with van der Waals surface area (Å²) in [5.74, 6) is 2.04. The van der Waals surface area contributed by atoms with Crippen LogP contribution in [0.25, 0.3) is 0 Å². The first-order chi connectivity index (χ1) is 21.0. The third-order valence-corrected chi connectivity index (χ3v) is 9.20. The van der Waals surface area contributed by atoms with Gasteiger partial charge in [-0.25, -0.2) is 20.0 Å². The van der Waals surface area contributed by atoms with Crippen LogP contribution in [-0.2, 0) is 22.6 Å². The number of nitrogens with one attached hydrogen (secondary N) is 3. The number of benzene rings is 2. The molecule has 1 saturated carbocycles. The fraction of sp³-hybridized carbons (Fsp3) is 0.484. The van der Waals surface area contributed by atoms with E-state index < -0.39 is 18.1 Å². The molecule has 2 aromatic rings. The first kappa shape index (κ1) is 30.5. The van der Waals surface area contributed by atoms with E-state index in [4.69, 9.17) is 19.3 Å². The zero-order chi connectivity index (χ0) is 30.2. The van der Waals surface area contributed by atoms with E-state index in [1.165, 1.54) is 22.9 Å². The van der Waals surface area contributed by atoms with Crippen molar-refractivity contribution in [3.8, 4) is 11.5 Å². The van der Waals surface area contributed by atoms with E-state index in [1.807, 2.05) is 30.3 Å². The number of amides is 1. The molecular formula is C31H39N5O6S. The number of carbonyl (C=O) groups is 2. The summed E-state index contributed by atoms with van der Waals surface area (Å²) < 4.78 is 17.1. The molecule has 0 saturated heterocycles. The van der Waals surface area contributed by atoms with Crippen LogP contribution >= 0.6 is 11.8 Å². The van der Waals surface area contributed by atoms with E-state index in [2.05, 4.69) is 27.1 Å². The lowest BCUT2D eigenvalue weighted by Gasteiger charge is -2.25. The number of aryl methyl sites for hydroxylation is 1. The lowest BCUT2D eigenvalue weighted by atomic mass is 9.85. The third-order valence-electron chi connectivity index (χ3n) is 8.15. The van der Waals surface area contributed by atoms with Crippen molar-refractivity contribution in [1.82, 2.24) is 16.1 Å². The smallest absolute Gasteiger partial charge is 0.408 e. The second-order valence-electron chi connectivity index (χ2n) is 10.8. The average Bonchev–Trinajstić information content (AvgIpc) is 3.70. The highest BCUT2D eigenvalue weighted by molar-refractivity contribution is 7.99. The first-order valence-electron chi connectivity index (χ1n) is 14.7. The summed E-state index contributed by atoms with van der Waals surface area (Å²) >= 11 is 1.49. The zero-order valence-electron chi connectivity index (χ0n) is 24.6. The Balaban J connectivity index is 1.28. The first-order valence-corrected chi connectivity index (χ1v) is 15.7. The molecule has 0 spiro atoms. The van der Waals surface area contributed by atoms with Crippen molar-refractivity contribution in [1.29, 1.82) is 0 Å². The molecule has 2 aromatic carbocycles. The Bertz CT molecular complexity index is 1370. The van der Waals surface area contributed by atoms with E-state index in [-0.39, 0.29) is 18.9 Å². The number of hydrogen-bond donors (Lipinski definition) is 4. The van der Waals surface area contributed by atoms with E-state index in [1.54, 1.807) is 14.2 Å². The number of guanidine groups is 1. The molecule has 3 atom stereocenters. The minimum absolute atomic E-state index is 0.0653. The van der Waals surface area contributed by atoms with Crippen molar-refractivity contribution >= 4 is 35.5 Å². The molecule has 1 fully saturated rings. The Morgan fingerprint density at radius 1 is 1.14 bits per heavy atom. The van der Waals surface area contributed by atoms with Crippen LogP contribution in [-0.4, -0.2) is 67.9 Å². The number of carboxylic acids is 1. The van der Waals surface area contributed by atoms with E-state index in [9.17, 15) is 14.7 Å². The number of nitrogens with zero attached hydrogens (tertiary/aromatic N) is 2. The number of hydrogen-bond acceptors (Lipinski definition) is 10. The van der Waals surface area contributed by atoms with Crippen molar-refractivity contribution in [2.45, 2.75) is 62.0 Å². The van der Waals surface area contributed by atoms with Gasteiger partial charge >= 0.3 is 12.1 Å². The molecule has 3 unspecified atom stereocenters. The zero-order valence-corrected chi connectivity index (χ0v) is 25.4. The molecule has 1 aliphatic heterocycles. The SMILES string of the molecule is COc1c(SCCC(NC(=O)OCc2ccccc2)C(=O)O)cc2c(c1OC)C1CCCC1/C(=N/NC1=NCCN1)CC2. The number of thioether (sulfide) groups is 1. The van der Waals surface area contributed by atoms with Crippen LogP contribution in [0.3, 0.4) is 0 Å². The van der Waals surface area contributed by atoms with Gasteiger partial charge in [-0.3, -0.25) is 0 Å². The molecule has 0 aromatic heterocycles. The molecule has 1 amide bonds. The summed E-state index contributed by atoms with van der Waals surface area (Å²) in [6, 6.07) is 10.3. The van der Waals surface area contributed by atoms with E-state index >= 15 is 0 Å². The van der Waals surface area contributed by atoms with Crippen molar-refractivity contribution in [3.63, 3.8) is 0 Å². The molecule has 230 valence electrons. The van der Waals surface area contributed by atoms with Crippen LogP contribution < -0.4 is 25.5 Å². The summed E-state index contributed by atoms with van der Waals surface area (Å²) in [7, 11) is 3.31. The minimum Gasteiger partial charge on any atom is -0.493 e. The monoisotopic (exact) mass is 609 g/mol. The van der Waals surface area contributed by atoms with Crippen LogP contribution in [0.15, 0.2) is 51.4 Å². The number of alkyl carbamates (subject to hydrolysis) is 1. The van der Waals surface area contributed by atoms with Gasteiger partial charge in [-0.05, 0) is 55.2 Å². The van der Waals surface area contributed by atoms with Crippen molar-refractivity contribution in [2.75, 3.05) is 33.1 Å². The highest BCUT2D eigenvalue weighted by atomic mass is 32.2. The summed E-state index contributed by atoms with van der Waals surface area (Å²) in [6.45, 7) is 1.64. The second-order valence-corrected chi connectivity index (χ2v) is 11.9. The highest BCUT2D eigenvalue weighted by Gasteiger charge is 2.39. The summed E-state index contributed by atoms with van der Waals surface area (Å²) in [5.41, 5.74) is 7.51. The van der Waals surface area contributed by atoms with Gasteiger partial charge in [0.1, 0.15) is 12.6 Å². The van der Waals surface area contributed by atoms with Crippen LogP contribution in [0, 0.1) is 5.92 Å². The Labute approximate surface area is 255 Å². The van der Waals surface area contributed by atoms with Gasteiger partial charge in [0.15, 0.2) is 11.5 Å². The number of methoxy groups -OCH3 is 2. The van der Waals surface area contributed by atoms with Gasteiger partial charge < -0.3 is 30.0 Å². The van der Waals surface area contributed by atoms with Gasteiger partial charge in [-0.1, -0.05) is 36.8 Å². The maximum absolute atomic E-state index is 12.3. The van der Waals surface area contributed by atoms with Crippen molar-refractivity contribution in [3.05, 3.63) is 53.1 Å². The topological polar surface area (TPSA) is 143 Å². The predicted molar refractivity (Wildman–Crippen MR) is 165 cm³/mol. The minimum atomic E-state index is -1.12. The Morgan fingerprint density at radius 2 is 1.93 bits per heavy atom. The molecule has 4 N–H and O–H groups in total. The van der Waals surface area contributed by atoms with Crippen LogP contribution in [0.5, 0.6) is 11.5 Å². The number of rotatable bonds is 11. The second kappa shape index (κ2) is 14.5. The lowest BCUT2D eigenvalue weighted by Crippen LogP contribution is -2.41. The standard InChI is InChI=1S/C31H39N5O6S/c1-40-27-25(43-16-13-24(29(37)38)34-31(39)42-18-19-7-4-3-5-8-19)17-20-11-12-23(35-36-30-32-14-15-33-30)21-9-6-10-22(21)26(20)28(27)41-2/h3-5,7-8,17,21-22,24H,6,9-16,18H2,1-2H3,(H,34,39)(H,37,38)(H2,32,33,36)/b35-23+. The number of aliphatic imine (C=N–C) groups is 1. The molecule has 1 heterocycles. The molecule has 0 radical (unpaired) electrons. The number of ether oxygens (including phenoxy) is 3. The summed E-state index contributed by atoms with van der Waals surface area (Å²) in [5, 5.41) is 20.3. The van der Waals surface area contributed by atoms with Gasteiger partial charge in [-0.2, -0.15) is 5.10 Å². The molecule has 5 rings (SSSR count). The van der Waals surface area contributed by atoms with Gasteiger partial charge in [0.2, 0.25) is 5.96 Å². The number of carbonyl (C=O) groups excluding carboxylic acids is 1. The molecule has 3 aliphatic rings. The molecular weight excluding hydrogens is 570 g/mol. The Hall–Kier alpha value is -3.93. The number of hydrazone groups is 1. The molecule has 0 bridgehead atoms. The number of carboxylic acid groups (broad SMARTS) is 1. The molecule has 2 aliphatic carbocycles. The third kappa shape index (κ3) is 7.35. The predicted octanol–water partition coefficient (Wildman–Crippen LogP) is 4.30. The van der Waals surface area contributed by atoms with Gasteiger partial charge in [0.25, 0.3) is 0 Å². The van der Waals surface area contributed by atoms with Crippen LogP contribution in [0.2, 0.25) is 0 Å². The van der Waals surface area contributed by atoms with E-state index in [0.29, 0.717) is 17.4 Å².